The van der Waals surface area contributed by atoms with Gasteiger partial charge in [-0.25, -0.2) is 0 Å². The van der Waals surface area contributed by atoms with E-state index in [1.165, 1.54) is 0 Å². The minimum atomic E-state index is -2.93. The van der Waals surface area contributed by atoms with E-state index in [4.69, 9.17) is 16.5 Å². The summed E-state index contributed by atoms with van der Waals surface area (Å²) in [6.07, 6.45) is 0. The highest BCUT2D eigenvalue weighted by molar-refractivity contribution is 6.88. The lowest BCUT2D eigenvalue weighted by molar-refractivity contribution is 0.158. The summed E-state index contributed by atoms with van der Waals surface area (Å²) in [7, 11) is -7.63. The normalized spacial score (nSPS) is 15.2. The Hall–Kier alpha value is 0.924. The quantitative estimate of drug-likeness (QED) is 0.665. The van der Waals surface area contributed by atoms with Gasteiger partial charge in [-0.15, -0.1) is 0 Å². The summed E-state index contributed by atoms with van der Waals surface area (Å²) in [5.74, 6) is 0. The van der Waals surface area contributed by atoms with Gasteiger partial charge < -0.3 is 16.5 Å². The largest absolute Gasteiger partial charge is 0.636 e. The molecule has 110 valence electrons. The molecule has 0 radical (unpaired) electrons. The van der Waals surface area contributed by atoms with Gasteiger partial charge in [-0.3, -0.25) is 0 Å². The van der Waals surface area contributed by atoms with Crippen LogP contribution in [-0.2, 0) is 16.5 Å². The molecule has 0 saturated carbocycles. The average molecular weight is 343 g/mol. The van der Waals surface area contributed by atoms with E-state index in [0.29, 0.717) is 10.5 Å². The summed E-state index contributed by atoms with van der Waals surface area (Å²) in [4.78, 5) is 0. The molecule has 9 heteroatoms. The first kappa shape index (κ1) is 18.9. The van der Waals surface area contributed by atoms with Crippen LogP contribution in [0.15, 0.2) is 0 Å². The molecule has 0 rings (SSSR count). The molecule has 0 amide bonds. The number of rotatable bonds is 7. The van der Waals surface area contributed by atoms with Crippen LogP contribution in [-0.4, -0.2) is 44.5 Å². The van der Waals surface area contributed by atoms with Gasteiger partial charge in [0.15, 0.2) is 25.0 Å². The fourth-order valence-corrected chi connectivity index (χ4v) is 15.2. The molecule has 0 N–H and O–H groups in total. The van der Waals surface area contributed by atoms with Crippen molar-refractivity contribution in [2.24, 2.45) is 0 Å². The predicted octanol–water partition coefficient (Wildman–Crippen LogP) is 2.27. The van der Waals surface area contributed by atoms with Crippen LogP contribution in [0, 0.1) is 0 Å². The van der Waals surface area contributed by atoms with Crippen LogP contribution >= 0.6 is 0 Å². The van der Waals surface area contributed by atoms with E-state index in [1.54, 1.807) is 0 Å². The van der Waals surface area contributed by atoms with Crippen molar-refractivity contribution in [1.29, 1.82) is 0 Å². The van der Waals surface area contributed by atoms with Gasteiger partial charge >= 0.3 is 9.05 Å². The Morgan fingerprint density at radius 3 is 0.889 bits per heavy atom. The van der Waals surface area contributed by atoms with Crippen LogP contribution in [0.3, 0.4) is 0 Å². The zero-order valence-electron chi connectivity index (χ0n) is 13.6. The van der Waals surface area contributed by atoms with Crippen molar-refractivity contribution >= 4 is 44.5 Å². The Balaban J connectivity index is 5.20. The zero-order chi connectivity index (χ0) is 14.8. The summed E-state index contributed by atoms with van der Waals surface area (Å²) in [6, 6.07) is 0. The molecule has 0 atom stereocenters. The monoisotopic (exact) mass is 342 g/mol. The van der Waals surface area contributed by atoms with Crippen molar-refractivity contribution in [1.82, 2.24) is 0 Å². The second kappa shape index (κ2) is 6.14. The molecule has 4 nitrogen and oxygen atoms in total. The van der Waals surface area contributed by atoms with Gasteiger partial charge in [0.2, 0.25) is 0 Å². The lowest BCUT2D eigenvalue weighted by Gasteiger charge is -2.40. The molecule has 0 spiro atoms. The molecule has 0 aromatic carbocycles. The van der Waals surface area contributed by atoms with Gasteiger partial charge in [0.05, 0.1) is 0 Å². The number of hydrogen-bond acceptors (Lipinski definition) is 4. The van der Waals surface area contributed by atoms with Gasteiger partial charge in [0, 0.05) is 0 Å². The fraction of sp³-hybridized carbons (Fsp3) is 1.00. The third-order valence-electron chi connectivity index (χ3n) is 1.54. The minimum absolute atomic E-state index is 0.580. The van der Waals surface area contributed by atoms with Crippen molar-refractivity contribution in [2.75, 3.05) is 0 Å². The maximum Gasteiger partial charge on any atom is 0.636 e. The topological polar surface area (TPSA) is 36.9 Å². The molecule has 0 heterocycles. The molecule has 0 aliphatic rings. The first-order chi connectivity index (χ1) is 7.68. The van der Waals surface area contributed by atoms with Gasteiger partial charge in [-0.2, -0.15) is 0 Å². The van der Waals surface area contributed by atoms with Crippen LogP contribution in [0.1, 0.15) is 0 Å². The summed E-state index contributed by atoms with van der Waals surface area (Å²) >= 11 is 0. The van der Waals surface area contributed by atoms with Crippen LogP contribution in [0.2, 0.25) is 58.9 Å². The van der Waals surface area contributed by atoms with E-state index in [-0.39, 0.29) is 0 Å². The van der Waals surface area contributed by atoms with Gasteiger partial charge in [-0.05, 0) is 58.9 Å². The van der Waals surface area contributed by atoms with Crippen molar-refractivity contribution in [3.8, 4) is 0 Å². The molecule has 0 aliphatic carbocycles. The molecule has 0 aromatic heterocycles. The van der Waals surface area contributed by atoms with E-state index >= 15 is 0 Å². The summed E-state index contributed by atoms with van der Waals surface area (Å²) in [5.41, 5.74) is 0. The molecular formula is C9H30O4Si5. The van der Waals surface area contributed by atoms with Crippen LogP contribution in [0.4, 0.5) is 0 Å². The first-order valence-electron chi connectivity index (χ1n) is 6.34. The SMILES string of the molecule is C[Si](C)(C)O[Si](O[SiH3])(O[Si](C)(C)C)O[Si](C)(C)C. The van der Waals surface area contributed by atoms with Crippen molar-refractivity contribution in [3.63, 3.8) is 0 Å². The lowest BCUT2D eigenvalue weighted by Crippen LogP contribution is -2.62. The molecule has 18 heavy (non-hydrogen) atoms. The van der Waals surface area contributed by atoms with Crippen molar-refractivity contribution < 1.29 is 16.5 Å². The van der Waals surface area contributed by atoms with E-state index in [2.05, 4.69) is 58.9 Å². The average Bonchev–Trinajstić information content (AvgIpc) is 1.93. The standard InChI is InChI=1S/C9H30O4Si5/c1-15(2,3)11-18(10-14,12-16(4,5)6)13-17(7,8)9/h1-9,14H3. The van der Waals surface area contributed by atoms with Gasteiger partial charge in [0.25, 0.3) is 0 Å². The highest BCUT2D eigenvalue weighted by atomic mass is 28.5. The molecule has 0 fully saturated rings. The van der Waals surface area contributed by atoms with E-state index < -0.39 is 34.0 Å². The van der Waals surface area contributed by atoms with E-state index in [0.717, 1.165) is 0 Å². The molecule has 0 aromatic rings. The van der Waals surface area contributed by atoms with Crippen LogP contribution in [0.25, 0.3) is 0 Å². The summed E-state index contributed by atoms with van der Waals surface area (Å²) in [6.45, 7) is 19.3. The van der Waals surface area contributed by atoms with Crippen molar-refractivity contribution in [2.45, 2.75) is 58.9 Å². The summed E-state index contributed by atoms with van der Waals surface area (Å²) in [5, 5.41) is 0. The van der Waals surface area contributed by atoms with E-state index in [9.17, 15) is 0 Å². The molecular weight excluding hydrogens is 313 g/mol. The molecule has 0 bridgehead atoms. The Kier molecular flexibility index (Phi) is 6.45. The second-order valence-corrected chi connectivity index (χ2v) is 25.1. The van der Waals surface area contributed by atoms with Crippen LogP contribution < -0.4 is 0 Å². The molecule has 0 unspecified atom stereocenters. The Morgan fingerprint density at radius 1 is 0.556 bits per heavy atom. The lowest BCUT2D eigenvalue weighted by atomic mass is 11.8. The summed E-state index contributed by atoms with van der Waals surface area (Å²) < 4.78 is 24.5. The third kappa shape index (κ3) is 8.93. The second-order valence-electron chi connectivity index (χ2n) is 7.35. The first-order valence-corrected chi connectivity index (χ1v) is 19.0. The smallest absolute Gasteiger partial charge is 0.404 e. The van der Waals surface area contributed by atoms with Gasteiger partial charge in [0.1, 0.15) is 10.5 Å². The number of hydrogen-bond donors (Lipinski definition) is 0. The van der Waals surface area contributed by atoms with Gasteiger partial charge in [-0.1, -0.05) is 0 Å². The highest BCUT2D eigenvalue weighted by Crippen LogP contribution is 2.25. The Morgan fingerprint density at radius 2 is 0.778 bits per heavy atom. The van der Waals surface area contributed by atoms with Crippen LogP contribution in [0.5, 0.6) is 0 Å². The van der Waals surface area contributed by atoms with Crippen molar-refractivity contribution in [3.05, 3.63) is 0 Å². The maximum atomic E-state index is 6.24. The highest BCUT2D eigenvalue weighted by Gasteiger charge is 2.52. The maximum absolute atomic E-state index is 6.24. The minimum Gasteiger partial charge on any atom is -0.404 e. The van der Waals surface area contributed by atoms with E-state index in [1.807, 2.05) is 0 Å². The Bertz CT molecular complexity index is 225. The molecule has 0 saturated heterocycles. The predicted molar refractivity (Wildman–Crippen MR) is 90.1 cm³/mol. The zero-order valence-corrected chi connectivity index (χ0v) is 19.6. The molecule has 0 aliphatic heterocycles. The third-order valence-corrected chi connectivity index (χ3v) is 13.9. The Labute approximate surface area is 120 Å². The fourth-order valence-electron chi connectivity index (χ4n) is 1.31.